The molecule has 0 aliphatic carbocycles. The van der Waals surface area contributed by atoms with E-state index in [9.17, 15) is 4.79 Å². The Labute approximate surface area is 134 Å². The highest BCUT2D eigenvalue weighted by Gasteiger charge is 2.29. The second-order valence-electron chi connectivity index (χ2n) is 5.56. The van der Waals surface area contributed by atoms with Gasteiger partial charge in [-0.25, -0.2) is 0 Å². The van der Waals surface area contributed by atoms with Crippen molar-refractivity contribution in [2.24, 2.45) is 0 Å². The maximum Gasteiger partial charge on any atom is 0.254 e. The molecule has 1 aliphatic heterocycles. The van der Waals surface area contributed by atoms with E-state index < -0.39 is 0 Å². The van der Waals surface area contributed by atoms with Gasteiger partial charge in [-0.3, -0.25) is 4.79 Å². The molecule has 0 bridgehead atoms. The molecule has 2 aromatic rings. The van der Waals surface area contributed by atoms with Gasteiger partial charge < -0.3 is 14.2 Å². The fourth-order valence-electron chi connectivity index (χ4n) is 2.90. The number of rotatable bonds is 3. The van der Waals surface area contributed by atoms with E-state index in [-0.39, 0.29) is 11.9 Å². The molecular weight excluding hydrogens is 294 g/mol. The molecule has 0 saturated carbocycles. The van der Waals surface area contributed by atoms with Gasteiger partial charge in [0.25, 0.3) is 5.91 Å². The standard InChI is InChI=1S/C16H17N5O2/c1-11-8-20(9-14-18-19-15(10-23-2)21(11)14)16(22)13-5-3-4-12(6-13)7-17/h3-6,11H,8-10H2,1-2H3/t11-/m0/s1. The Morgan fingerprint density at radius 2 is 2.30 bits per heavy atom. The molecule has 23 heavy (non-hydrogen) atoms. The van der Waals surface area contributed by atoms with Crippen molar-refractivity contribution in [2.45, 2.75) is 26.1 Å². The molecule has 1 aromatic carbocycles. The number of aromatic nitrogens is 3. The van der Waals surface area contributed by atoms with E-state index in [0.717, 1.165) is 11.6 Å². The predicted molar refractivity (Wildman–Crippen MR) is 81.3 cm³/mol. The van der Waals surface area contributed by atoms with E-state index in [1.165, 1.54) is 0 Å². The van der Waals surface area contributed by atoms with Crippen molar-refractivity contribution in [2.75, 3.05) is 13.7 Å². The zero-order chi connectivity index (χ0) is 16.4. The van der Waals surface area contributed by atoms with Crippen LogP contribution in [0.25, 0.3) is 0 Å². The molecule has 0 fully saturated rings. The Balaban J connectivity index is 1.85. The third-order valence-corrected chi connectivity index (χ3v) is 3.89. The summed E-state index contributed by atoms with van der Waals surface area (Å²) in [6.07, 6.45) is 0. The summed E-state index contributed by atoms with van der Waals surface area (Å²) in [5.74, 6) is 1.42. The minimum Gasteiger partial charge on any atom is -0.377 e. The SMILES string of the molecule is COCc1nnc2n1[C@@H](C)CN(C(=O)c1cccc(C#N)c1)C2. The number of carbonyl (C=O) groups is 1. The molecule has 1 amide bonds. The van der Waals surface area contributed by atoms with Gasteiger partial charge in [-0.1, -0.05) is 6.07 Å². The highest BCUT2D eigenvalue weighted by molar-refractivity contribution is 5.94. The number of carbonyl (C=O) groups excluding carboxylic acids is 1. The molecule has 3 rings (SSSR count). The molecule has 2 heterocycles. The molecule has 1 aromatic heterocycles. The normalized spacial score (nSPS) is 16.7. The van der Waals surface area contributed by atoms with Crippen LogP contribution in [0.5, 0.6) is 0 Å². The Hall–Kier alpha value is -2.72. The fraction of sp³-hybridized carbons (Fsp3) is 0.375. The summed E-state index contributed by atoms with van der Waals surface area (Å²) < 4.78 is 7.16. The quantitative estimate of drug-likeness (QED) is 0.858. The van der Waals surface area contributed by atoms with Gasteiger partial charge in [0.1, 0.15) is 6.61 Å². The molecule has 0 unspecified atom stereocenters. The molecule has 0 saturated heterocycles. The third kappa shape index (κ3) is 2.81. The summed E-state index contributed by atoms with van der Waals surface area (Å²) in [5, 5.41) is 17.3. The number of hydrogen-bond donors (Lipinski definition) is 0. The number of methoxy groups -OCH3 is 1. The second kappa shape index (κ2) is 6.18. The van der Waals surface area contributed by atoms with E-state index in [1.807, 2.05) is 11.5 Å². The van der Waals surface area contributed by atoms with Crippen molar-refractivity contribution in [1.29, 1.82) is 5.26 Å². The molecule has 0 N–H and O–H groups in total. The molecular formula is C16H17N5O2. The summed E-state index contributed by atoms with van der Waals surface area (Å²) in [6, 6.07) is 8.87. The minimum absolute atomic E-state index is 0.0713. The van der Waals surface area contributed by atoms with Crippen LogP contribution in [0.1, 0.15) is 40.5 Å². The summed E-state index contributed by atoms with van der Waals surface area (Å²) in [7, 11) is 1.62. The van der Waals surface area contributed by atoms with Crippen molar-refractivity contribution in [3.63, 3.8) is 0 Å². The summed E-state index contributed by atoms with van der Waals surface area (Å²) in [4.78, 5) is 14.4. The number of amides is 1. The Kier molecular flexibility index (Phi) is 4.08. The van der Waals surface area contributed by atoms with Gasteiger partial charge >= 0.3 is 0 Å². The Morgan fingerprint density at radius 3 is 3.04 bits per heavy atom. The van der Waals surface area contributed by atoms with Gasteiger partial charge in [-0.2, -0.15) is 5.26 Å². The van der Waals surface area contributed by atoms with Crippen LogP contribution in [0.3, 0.4) is 0 Å². The number of nitriles is 1. The van der Waals surface area contributed by atoms with Crippen LogP contribution in [0, 0.1) is 11.3 Å². The molecule has 7 nitrogen and oxygen atoms in total. The first-order chi connectivity index (χ1) is 11.1. The van der Waals surface area contributed by atoms with Crippen LogP contribution >= 0.6 is 0 Å². The average molecular weight is 311 g/mol. The molecule has 7 heteroatoms. The lowest BCUT2D eigenvalue weighted by atomic mass is 10.1. The van der Waals surface area contributed by atoms with Crippen LogP contribution in [0.2, 0.25) is 0 Å². The van der Waals surface area contributed by atoms with Crippen LogP contribution in [0.4, 0.5) is 0 Å². The lowest BCUT2D eigenvalue weighted by molar-refractivity contribution is 0.0675. The fourth-order valence-corrected chi connectivity index (χ4v) is 2.90. The first-order valence-corrected chi connectivity index (χ1v) is 7.35. The molecule has 118 valence electrons. The molecule has 0 spiro atoms. The average Bonchev–Trinajstić information content (AvgIpc) is 2.98. The Bertz CT molecular complexity index is 777. The number of nitrogens with zero attached hydrogens (tertiary/aromatic N) is 5. The van der Waals surface area contributed by atoms with Crippen LogP contribution < -0.4 is 0 Å². The zero-order valence-electron chi connectivity index (χ0n) is 13.1. The first kappa shape index (κ1) is 15.2. The summed E-state index contributed by atoms with van der Waals surface area (Å²) >= 11 is 0. The largest absolute Gasteiger partial charge is 0.377 e. The van der Waals surface area contributed by atoms with Gasteiger partial charge in [0.05, 0.1) is 24.2 Å². The van der Waals surface area contributed by atoms with Crippen molar-refractivity contribution < 1.29 is 9.53 Å². The van der Waals surface area contributed by atoms with Crippen molar-refractivity contribution in [1.82, 2.24) is 19.7 Å². The third-order valence-electron chi connectivity index (χ3n) is 3.89. The van der Waals surface area contributed by atoms with Gasteiger partial charge in [0.15, 0.2) is 11.6 Å². The van der Waals surface area contributed by atoms with E-state index in [4.69, 9.17) is 10.00 Å². The monoisotopic (exact) mass is 311 g/mol. The molecule has 1 atom stereocenters. The van der Waals surface area contributed by atoms with Crippen molar-refractivity contribution in [3.05, 3.63) is 47.0 Å². The molecule has 1 aliphatic rings. The number of hydrogen-bond acceptors (Lipinski definition) is 5. The van der Waals surface area contributed by atoms with E-state index in [2.05, 4.69) is 16.3 Å². The smallest absolute Gasteiger partial charge is 0.254 e. The van der Waals surface area contributed by atoms with Gasteiger partial charge in [-0.05, 0) is 25.1 Å². The van der Waals surface area contributed by atoms with E-state index in [0.29, 0.717) is 30.8 Å². The van der Waals surface area contributed by atoms with Crippen molar-refractivity contribution >= 4 is 5.91 Å². The Morgan fingerprint density at radius 1 is 1.48 bits per heavy atom. The number of benzene rings is 1. The number of fused-ring (bicyclic) bond motifs is 1. The van der Waals surface area contributed by atoms with Crippen LogP contribution in [0.15, 0.2) is 24.3 Å². The van der Waals surface area contributed by atoms with Gasteiger partial charge in [0.2, 0.25) is 0 Å². The zero-order valence-corrected chi connectivity index (χ0v) is 13.1. The maximum atomic E-state index is 12.7. The van der Waals surface area contributed by atoms with E-state index in [1.54, 1.807) is 36.3 Å². The highest BCUT2D eigenvalue weighted by Crippen LogP contribution is 2.23. The van der Waals surface area contributed by atoms with Gasteiger partial charge in [0, 0.05) is 19.2 Å². The first-order valence-electron chi connectivity index (χ1n) is 7.35. The minimum atomic E-state index is -0.100. The summed E-state index contributed by atoms with van der Waals surface area (Å²) in [5.41, 5.74) is 0.993. The summed E-state index contributed by atoms with van der Waals surface area (Å²) in [6.45, 7) is 3.39. The predicted octanol–water partition coefficient (Wildman–Crippen LogP) is 1.51. The van der Waals surface area contributed by atoms with Crippen LogP contribution in [-0.4, -0.2) is 39.2 Å². The maximum absolute atomic E-state index is 12.7. The molecule has 0 radical (unpaired) electrons. The van der Waals surface area contributed by atoms with Crippen LogP contribution in [-0.2, 0) is 17.9 Å². The van der Waals surface area contributed by atoms with E-state index >= 15 is 0 Å². The lowest BCUT2D eigenvalue weighted by Crippen LogP contribution is -2.40. The van der Waals surface area contributed by atoms with Crippen molar-refractivity contribution in [3.8, 4) is 6.07 Å². The second-order valence-corrected chi connectivity index (χ2v) is 5.56. The topological polar surface area (TPSA) is 84.0 Å². The van der Waals surface area contributed by atoms with Gasteiger partial charge in [-0.15, -0.1) is 10.2 Å². The number of ether oxygens (including phenoxy) is 1. The highest BCUT2D eigenvalue weighted by atomic mass is 16.5. The lowest BCUT2D eigenvalue weighted by Gasteiger charge is -2.32.